The van der Waals surface area contributed by atoms with Crippen LogP contribution in [0, 0.1) is 6.92 Å². The number of nitrogens with zero attached hydrogens (tertiary/aromatic N) is 3. The van der Waals surface area contributed by atoms with Crippen molar-refractivity contribution in [1.82, 2.24) is 14.4 Å². The third-order valence-corrected chi connectivity index (χ3v) is 4.41. The van der Waals surface area contributed by atoms with Gasteiger partial charge in [-0.1, -0.05) is 0 Å². The molecule has 1 saturated carbocycles. The number of hydrogen-bond donors (Lipinski definition) is 1. The largest absolute Gasteiger partial charge is 0.328 e. The molecular weight excluding hydrogens is 292 g/mol. The first-order chi connectivity index (χ1) is 8.66. The lowest BCUT2D eigenvalue weighted by atomic mass is 9.86. The first-order valence-corrected chi connectivity index (χ1v) is 7.20. The highest BCUT2D eigenvalue weighted by molar-refractivity contribution is 9.10. The number of aromatic nitrogens is 3. The third-order valence-electron chi connectivity index (χ3n) is 3.86. The summed E-state index contributed by atoms with van der Waals surface area (Å²) >= 11 is 3.55. The quantitative estimate of drug-likeness (QED) is 0.881. The van der Waals surface area contributed by atoms with E-state index in [1.165, 1.54) is 0 Å². The predicted octanol–water partition coefficient (Wildman–Crippen LogP) is 2.79. The molecule has 5 heteroatoms. The summed E-state index contributed by atoms with van der Waals surface area (Å²) in [6.45, 7) is 2.02. The monoisotopic (exact) mass is 308 g/mol. The molecule has 2 aromatic rings. The number of fused-ring (bicyclic) bond motifs is 1. The van der Waals surface area contributed by atoms with Crippen LogP contribution in [0.1, 0.15) is 43.1 Å². The first kappa shape index (κ1) is 12.1. The lowest BCUT2D eigenvalue weighted by Gasteiger charge is -2.25. The van der Waals surface area contributed by atoms with Gasteiger partial charge < -0.3 is 5.73 Å². The molecule has 1 aliphatic carbocycles. The summed E-state index contributed by atoms with van der Waals surface area (Å²) in [6.07, 6.45) is 8.31. The molecule has 0 bridgehead atoms. The smallest absolute Gasteiger partial charge is 0.134 e. The van der Waals surface area contributed by atoms with Gasteiger partial charge in [0, 0.05) is 24.4 Å². The molecular formula is C13H17BrN4. The molecule has 18 heavy (non-hydrogen) atoms. The Morgan fingerprint density at radius 1 is 1.33 bits per heavy atom. The summed E-state index contributed by atoms with van der Waals surface area (Å²) in [4.78, 5) is 9.03. The van der Waals surface area contributed by atoms with Gasteiger partial charge >= 0.3 is 0 Å². The molecule has 0 saturated heterocycles. The maximum Gasteiger partial charge on any atom is 0.134 e. The molecule has 0 atom stereocenters. The summed E-state index contributed by atoms with van der Waals surface area (Å²) in [7, 11) is 0. The molecule has 96 valence electrons. The van der Waals surface area contributed by atoms with Crippen LogP contribution in [0.2, 0.25) is 0 Å². The van der Waals surface area contributed by atoms with E-state index in [0.29, 0.717) is 12.0 Å². The maximum atomic E-state index is 5.97. The lowest BCUT2D eigenvalue weighted by Crippen LogP contribution is -2.26. The summed E-state index contributed by atoms with van der Waals surface area (Å²) in [5.74, 6) is 1.67. The van der Waals surface area contributed by atoms with Gasteiger partial charge in [-0.25, -0.2) is 4.98 Å². The van der Waals surface area contributed by atoms with Crippen LogP contribution >= 0.6 is 15.9 Å². The van der Waals surface area contributed by atoms with Crippen LogP contribution in [0.25, 0.3) is 5.52 Å². The van der Waals surface area contributed by atoms with Gasteiger partial charge in [-0.05, 0) is 48.5 Å². The Balaban J connectivity index is 2.05. The fraction of sp³-hybridized carbons (Fsp3) is 0.538. The Labute approximate surface area is 115 Å². The molecule has 3 rings (SSSR count). The summed E-state index contributed by atoms with van der Waals surface area (Å²) in [5, 5.41) is 0. The van der Waals surface area contributed by atoms with Crippen LogP contribution in [0.5, 0.6) is 0 Å². The minimum atomic E-state index is 0.374. The molecule has 1 aliphatic rings. The van der Waals surface area contributed by atoms with Gasteiger partial charge in [0.25, 0.3) is 0 Å². The van der Waals surface area contributed by atoms with E-state index in [9.17, 15) is 0 Å². The number of hydrogen-bond acceptors (Lipinski definition) is 3. The fourth-order valence-electron chi connectivity index (χ4n) is 2.83. The number of imidazole rings is 1. The van der Waals surface area contributed by atoms with E-state index in [1.54, 1.807) is 0 Å². The highest BCUT2D eigenvalue weighted by Crippen LogP contribution is 2.34. The zero-order valence-corrected chi connectivity index (χ0v) is 12.0. The fourth-order valence-corrected chi connectivity index (χ4v) is 3.49. The summed E-state index contributed by atoms with van der Waals surface area (Å²) in [6, 6.07) is 0.374. The average Bonchev–Trinajstić information content (AvgIpc) is 2.69. The zero-order valence-electron chi connectivity index (χ0n) is 10.4. The standard InChI is InChI=1S/C13H17BrN4/c1-8-11-12(14)17-13(18(11)7-6-16-8)9-2-4-10(15)5-3-9/h6-7,9-10H,2-5,15H2,1H3. The van der Waals surface area contributed by atoms with Gasteiger partial charge in [0.1, 0.15) is 15.9 Å². The molecule has 1 fully saturated rings. The lowest BCUT2D eigenvalue weighted by molar-refractivity contribution is 0.384. The van der Waals surface area contributed by atoms with Crippen LogP contribution in [0.3, 0.4) is 0 Å². The van der Waals surface area contributed by atoms with Crippen LogP contribution in [0.4, 0.5) is 0 Å². The minimum absolute atomic E-state index is 0.374. The average molecular weight is 309 g/mol. The van der Waals surface area contributed by atoms with Crippen molar-refractivity contribution >= 4 is 21.4 Å². The highest BCUT2D eigenvalue weighted by atomic mass is 79.9. The van der Waals surface area contributed by atoms with Crippen LogP contribution in [0.15, 0.2) is 17.0 Å². The molecule has 2 heterocycles. The van der Waals surface area contributed by atoms with Crippen molar-refractivity contribution in [2.24, 2.45) is 5.73 Å². The zero-order chi connectivity index (χ0) is 12.7. The van der Waals surface area contributed by atoms with Crippen molar-refractivity contribution in [3.63, 3.8) is 0 Å². The van der Waals surface area contributed by atoms with Crippen LogP contribution in [-0.2, 0) is 0 Å². The van der Waals surface area contributed by atoms with Crippen molar-refractivity contribution < 1.29 is 0 Å². The van der Waals surface area contributed by atoms with Crippen molar-refractivity contribution in [3.8, 4) is 0 Å². The molecule has 0 radical (unpaired) electrons. The number of halogens is 1. The highest BCUT2D eigenvalue weighted by Gasteiger charge is 2.24. The Kier molecular flexibility index (Phi) is 3.11. The molecule has 4 nitrogen and oxygen atoms in total. The Morgan fingerprint density at radius 2 is 2.06 bits per heavy atom. The van der Waals surface area contributed by atoms with Crippen molar-refractivity contribution in [2.45, 2.75) is 44.6 Å². The number of nitrogens with two attached hydrogens (primary N) is 1. The second-order valence-electron chi connectivity index (χ2n) is 5.10. The SMILES string of the molecule is Cc1nccn2c(C3CCC(N)CC3)nc(Br)c12. The van der Waals surface area contributed by atoms with Crippen molar-refractivity contribution in [2.75, 3.05) is 0 Å². The summed E-state index contributed by atoms with van der Waals surface area (Å²) in [5.41, 5.74) is 8.07. The third kappa shape index (κ3) is 1.95. The van der Waals surface area contributed by atoms with E-state index < -0.39 is 0 Å². The van der Waals surface area contributed by atoms with Crippen LogP contribution in [-0.4, -0.2) is 20.4 Å². The van der Waals surface area contributed by atoms with E-state index in [2.05, 4.69) is 25.3 Å². The van der Waals surface area contributed by atoms with E-state index >= 15 is 0 Å². The van der Waals surface area contributed by atoms with E-state index in [-0.39, 0.29) is 0 Å². The molecule has 2 aromatic heterocycles. The maximum absolute atomic E-state index is 5.97. The van der Waals surface area contributed by atoms with Gasteiger partial charge in [0.05, 0.1) is 5.69 Å². The number of aryl methyl sites for hydroxylation is 1. The van der Waals surface area contributed by atoms with E-state index in [1.807, 2.05) is 19.3 Å². The van der Waals surface area contributed by atoms with Gasteiger partial charge in [-0.15, -0.1) is 0 Å². The van der Waals surface area contributed by atoms with Gasteiger partial charge in [-0.3, -0.25) is 9.38 Å². The first-order valence-electron chi connectivity index (χ1n) is 6.41. The number of rotatable bonds is 1. The minimum Gasteiger partial charge on any atom is -0.328 e. The normalized spacial score (nSPS) is 24.6. The molecule has 0 spiro atoms. The Bertz CT molecular complexity index is 570. The van der Waals surface area contributed by atoms with Crippen molar-refractivity contribution in [1.29, 1.82) is 0 Å². The second-order valence-corrected chi connectivity index (χ2v) is 5.85. The Hall–Kier alpha value is -0.940. The van der Waals surface area contributed by atoms with Gasteiger partial charge in [0.2, 0.25) is 0 Å². The molecule has 0 aliphatic heterocycles. The van der Waals surface area contributed by atoms with Crippen molar-refractivity contribution in [3.05, 3.63) is 28.5 Å². The molecule has 0 amide bonds. The van der Waals surface area contributed by atoms with Gasteiger partial charge in [0.15, 0.2) is 0 Å². The molecule has 2 N–H and O–H groups in total. The summed E-state index contributed by atoms with van der Waals surface area (Å²) < 4.78 is 3.08. The van der Waals surface area contributed by atoms with Crippen LogP contribution < -0.4 is 5.73 Å². The second kappa shape index (κ2) is 4.63. The Morgan fingerprint density at radius 3 is 2.78 bits per heavy atom. The van der Waals surface area contributed by atoms with E-state index in [0.717, 1.165) is 47.3 Å². The van der Waals surface area contributed by atoms with Gasteiger partial charge in [-0.2, -0.15) is 0 Å². The van der Waals surface area contributed by atoms with E-state index in [4.69, 9.17) is 10.7 Å². The predicted molar refractivity (Wildman–Crippen MR) is 74.6 cm³/mol. The molecule has 0 unspecified atom stereocenters. The molecule has 0 aromatic carbocycles. The topological polar surface area (TPSA) is 56.2 Å².